The summed E-state index contributed by atoms with van der Waals surface area (Å²) in [5, 5.41) is 11.7. The van der Waals surface area contributed by atoms with Crippen LogP contribution in [-0.2, 0) is 9.53 Å². The van der Waals surface area contributed by atoms with E-state index in [1.807, 2.05) is 19.9 Å². The number of allylic oxidation sites excluding steroid dienone is 1. The molecular formula is C21H14F2N2O2. The van der Waals surface area contributed by atoms with Crippen molar-refractivity contribution in [2.45, 2.75) is 19.4 Å². The number of rotatable bonds is 1. The SMILES string of the molecule is CC1(C)O/C(=C2/C(=O)Nc3cc(F)ccc32)C=C1c1ccc(F)c(C#N)c1. The van der Waals surface area contributed by atoms with Gasteiger partial charge >= 0.3 is 0 Å². The van der Waals surface area contributed by atoms with Gasteiger partial charge in [-0.1, -0.05) is 6.07 Å². The first-order valence-corrected chi connectivity index (χ1v) is 8.27. The number of amides is 1. The van der Waals surface area contributed by atoms with Gasteiger partial charge in [-0.25, -0.2) is 8.78 Å². The molecule has 2 aromatic rings. The van der Waals surface area contributed by atoms with Gasteiger partial charge in [-0.3, -0.25) is 4.79 Å². The zero-order chi connectivity index (χ0) is 19.3. The minimum absolute atomic E-state index is 0.0651. The molecule has 2 heterocycles. The molecule has 0 spiro atoms. The van der Waals surface area contributed by atoms with Crippen molar-refractivity contribution < 1.29 is 18.3 Å². The van der Waals surface area contributed by atoms with E-state index < -0.39 is 17.2 Å². The van der Waals surface area contributed by atoms with Gasteiger partial charge in [0, 0.05) is 11.1 Å². The van der Waals surface area contributed by atoms with Crippen LogP contribution in [0.1, 0.15) is 30.5 Å². The monoisotopic (exact) mass is 364 g/mol. The minimum atomic E-state index is -0.796. The smallest absolute Gasteiger partial charge is 0.260 e. The second kappa shape index (κ2) is 5.78. The van der Waals surface area contributed by atoms with Gasteiger partial charge in [-0.15, -0.1) is 0 Å². The van der Waals surface area contributed by atoms with E-state index in [1.54, 1.807) is 12.1 Å². The third-order valence-corrected chi connectivity index (χ3v) is 4.66. The summed E-state index contributed by atoms with van der Waals surface area (Å²) in [5.74, 6) is -1.07. The fourth-order valence-corrected chi connectivity index (χ4v) is 3.39. The number of carbonyl (C=O) groups excluding carboxylic acids is 1. The average molecular weight is 364 g/mol. The molecule has 4 rings (SSSR count). The van der Waals surface area contributed by atoms with Crippen molar-refractivity contribution in [2.75, 3.05) is 5.32 Å². The molecule has 2 aliphatic heterocycles. The Morgan fingerprint density at radius 3 is 2.67 bits per heavy atom. The van der Waals surface area contributed by atoms with Crippen LogP contribution in [0.3, 0.4) is 0 Å². The largest absolute Gasteiger partial charge is 0.482 e. The molecule has 0 saturated heterocycles. The standard InChI is InChI=1S/C21H14F2N2O2/c1-21(2)15(11-3-6-16(23)12(7-11)10-24)9-18(27-21)19-14-5-4-13(22)8-17(14)25-20(19)26/h3-9H,1-2H3,(H,25,26)/b19-18+. The first-order chi connectivity index (χ1) is 12.8. The van der Waals surface area contributed by atoms with Crippen LogP contribution in [-0.4, -0.2) is 11.5 Å². The molecule has 4 nitrogen and oxygen atoms in total. The maximum absolute atomic E-state index is 13.7. The number of halogens is 2. The van der Waals surface area contributed by atoms with Crippen LogP contribution in [0.2, 0.25) is 0 Å². The van der Waals surface area contributed by atoms with Crippen LogP contribution in [0.25, 0.3) is 11.1 Å². The molecule has 1 amide bonds. The van der Waals surface area contributed by atoms with E-state index in [9.17, 15) is 13.6 Å². The number of ether oxygens (including phenoxy) is 1. The molecule has 0 saturated carbocycles. The molecule has 0 unspecified atom stereocenters. The summed E-state index contributed by atoms with van der Waals surface area (Å²) in [6.07, 6.45) is 1.71. The van der Waals surface area contributed by atoms with E-state index in [1.165, 1.54) is 30.3 Å². The maximum atomic E-state index is 13.7. The number of nitrogens with one attached hydrogen (secondary N) is 1. The van der Waals surface area contributed by atoms with Gasteiger partial charge in [-0.05, 0) is 55.8 Å². The molecule has 0 bridgehead atoms. The van der Waals surface area contributed by atoms with Crippen LogP contribution in [0.5, 0.6) is 0 Å². The molecule has 6 heteroatoms. The Labute approximate surface area is 154 Å². The maximum Gasteiger partial charge on any atom is 0.260 e. The Morgan fingerprint density at radius 2 is 1.93 bits per heavy atom. The van der Waals surface area contributed by atoms with E-state index in [2.05, 4.69) is 5.32 Å². The molecule has 0 fully saturated rings. The van der Waals surface area contributed by atoms with E-state index >= 15 is 0 Å². The number of hydrogen-bond donors (Lipinski definition) is 1. The number of anilines is 1. The zero-order valence-corrected chi connectivity index (χ0v) is 14.6. The fraction of sp³-hybridized carbons (Fsp3) is 0.143. The highest BCUT2D eigenvalue weighted by molar-refractivity contribution is 6.32. The van der Waals surface area contributed by atoms with E-state index in [-0.39, 0.29) is 11.5 Å². The Balaban J connectivity index is 1.87. The molecule has 134 valence electrons. The van der Waals surface area contributed by atoms with Crippen LogP contribution < -0.4 is 5.32 Å². The lowest BCUT2D eigenvalue weighted by molar-refractivity contribution is -0.111. The molecule has 0 aliphatic carbocycles. The molecule has 2 aromatic carbocycles. The van der Waals surface area contributed by atoms with E-state index in [4.69, 9.17) is 10.00 Å². The van der Waals surface area contributed by atoms with Gasteiger partial charge in [0.25, 0.3) is 5.91 Å². The summed E-state index contributed by atoms with van der Waals surface area (Å²) in [4.78, 5) is 12.4. The summed E-state index contributed by atoms with van der Waals surface area (Å²) >= 11 is 0. The second-order valence-corrected chi connectivity index (χ2v) is 6.86. The van der Waals surface area contributed by atoms with Crippen molar-refractivity contribution in [1.29, 1.82) is 5.26 Å². The first kappa shape index (κ1) is 17.0. The van der Waals surface area contributed by atoms with E-state index in [0.29, 0.717) is 33.7 Å². The van der Waals surface area contributed by atoms with Crippen molar-refractivity contribution in [1.82, 2.24) is 0 Å². The second-order valence-electron chi connectivity index (χ2n) is 6.86. The Morgan fingerprint density at radius 1 is 1.15 bits per heavy atom. The fourth-order valence-electron chi connectivity index (χ4n) is 3.39. The molecule has 2 aliphatic rings. The van der Waals surface area contributed by atoms with Crippen LogP contribution >= 0.6 is 0 Å². The Hall–Kier alpha value is -3.46. The van der Waals surface area contributed by atoms with Crippen LogP contribution in [0, 0.1) is 23.0 Å². The van der Waals surface area contributed by atoms with Crippen molar-refractivity contribution in [3.05, 3.63) is 76.6 Å². The zero-order valence-electron chi connectivity index (χ0n) is 14.6. The van der Waals surface area contributed by atoms with Crippen LogP contribution in [0.15, 0.2) is 48.2 Å². The van der Waals surface area contributed by atoms with Crippen molar-refractivity contribution in [2.24, 2.45) is 0 Å². The summed E-state index contributed by atoms with van der Waals surface area (Å²) in [6, 6.07) is 10.1. The van der Waals surface area contributed by atoms with Gasteiger partial charge in [0.15, 0.2) is 0 Å². The lowest BCUT2D eigenvalue weighted by atomic mass is 9.91. The number of hydrogen-bond acceptors (Lipinski definition) is 3. The van der Waals surface area contributed by atoms with Gasteiger partial charge in [0.05, 0.1) is 16.8 Å². The summed E-state index contributed by atoms with van der Waals surface area (Å²) in [5.41, 5.74) is 1.74. The van der Waals surface area contributed by atoms with Crippen molar-refractivity contribution >= 4 is 22.7 Å². The molecular weight excluding hydrogens is 350 g/mol. The number of fused-ring (bicyclic) bond motifs is 1. The highest BCUT2D eigenvalue weighted by Crippen LogP contribution is 2.44. The summed E-state index contributed by atoms with van der Waals surface area (Å²) in [7, 11) is 0. The predicted octanol–water partition coefficient (Wildman–Crippen LogP) is 4.39. The lowest BCUT2D eigenvalue weighted by Gasteiger charge is -2.23. The average Bonchev–Trinajstić information content (AvgIpc) is 3.09. The first-order valence-electron chi connectivity index (χ1n) is 8.27. The van der Waals surface area contributed by atoms with Gasteiger partial charge in [0.2, 0.25) is 0 Å². The molecule has 0 radical (unpaired) electrons. The molecule has 0 atom stereocenters. The van der Waals surface area contributed by atoms with Gasteiger partial charge in [0.1, 0.15) is 29.1 Å². The topological polar surface area (TPSA) is 62.1 Å². The van der Waals surface area contributed by atoms with E-state index in [0.717, 1.165) is 0 Å². The summed E-state index contributed by atoms with van der Waals surface area (Å²) < 4.78 is 33.1. The number of nitrogens with zero attached hydrogens (tertiary/aromatic N) is 1. The molecule has 1 N–H and O–H groups in total. The number of benzene rings is 2. The Bertz CT molecular complexity index is 1110. The quantitative estimate of drug-likeness (QED) is 0.764. The summed E-state index contributed by atoms with van der Waals surface area (Å²) in [6.45, 7) is 3.64. The predicted molar refractivity (Wildman–Crippen MR) is 96.2 cm³/mol. The number of nitriles is 1. The third kappa shape index (κ3) is 2.68. The van der Waals surface area contributed by atoms with Gasteiger partial charge in [-0.2, -0.15) is 5.26 Å². The normalized spacial score (nSPS) is 19.8. The van der Waals surface area contributed by atoms with Crippen molar-refractivity contribution in [3.8, 4) is 6.07 Å². The highest BCUT2D eigenvalue weighted by Gasteiger charge is 2.38. The lowest BCUT2D eigenvalue weighted by Crippen LogP contribution is -2.21. The van der Waals surface area contributed by atoms with Crippen molar-refractivity contribution in [3.63, 3.8) is 0 Å². The minimum Gasteiger partial charge on any atom is -0.482 e. The number of carbonyl (C=O) groups is 1. The van der Waals surface area contributed by atoms with Gasteiger partial charge < -0.3 is 10.1 Å². The molecule has 27 heavy (non-hydrogen) atoms. The Kier molecular flexibility index (Phi) is 3.63. The van der Waals surface area contributed by atoms with Crippen LogP contribution in [0.4, 0.5) is 14.5 Å². The molecule has 0 aromatic heterocycles. The highest BCUT2D eigenvalue weighted by atomic mass is 19.1. The third-order valence-electron chi connectivity index (χ3n) is 4.66.